The average molecular weight is 271 g/mol. The number of hydrogen-bond donors (Lipinski definition) is 0. The van der Waals surface area contributed by atoms with Crippen LogP contribution in [0.1, 0.15) is 18.9 Å². The first kappa shape index (κ1) is 12.9. The molecule has 5 heteroatoms. The number of nitrogens with zero attached hydrogens (tertiary/aromatic N) is 1. The van der Waals surface area contributed by atoms with Crippen LogP contribution in [0.5, 0.6) is 0 Å². The molecule has 1 aromatic carbocycles. The lowest BCUT2D eigenvalue weighted by Gasteiger charge is -2.23. The summed E-state index contributed by atoms with van der Waals surface area (Å²) in [6, 6.07) is 6.32. The van der Waals surface area contributed by atoms with E-state index in [9.17, 15) is 9.18 Å². The topological polar surface area (TPSA) is 20.3 Å². The fourth-order valence-electron chi connectivity index (χ4n) is 2.17. The standard InChI is InChI=1S/C12H16FNOP2/c1-12(9-3-5-10(13)6-4-9)7-8-14(11(12)15)17-16-2/h3-6,16-17H,7-8H2,1-2H3/t12-/m0/s1. The van der Waals surface area contributed by atoms with Crippen LogP contribution in [0, 0.1) is 5.82 Å². The largest absolute Gasteiger partial charge is 0.320 e. The van der Waals surface area contributed by atoms with Gasteiger partial charge >= 0.3 is 0 Å². The van der Waals surface area contributed by atoms with E-state index in [1.807, 2.05) is 11.6 Å². The molecule has 0 radical (unpaired) electrons. The number of hydrogen-bond acceptors (Lipinski definition) is 1. The summed E-state index contributed by atoms with van der Waals surface area (Å²) in [6.07, 6.45) is 0.828. The molecule has 2 unspecified atom stereocenters. The van der Waals surface area contributed by atoms with Crippen molar-refractivity contribution < 1.29 is 9.18 Å². The fraction of sp³-hybridized carbons (Fsp3) is 0.417. The van der Waals surface area contributed by atoms with E-state index in [0.29, 0.717) is 8.42 Å². The van der Waals surface area contributed by atoms with Gasteiger partial charge in [-0.2, -0.15) is 0 Å². The zero-order valence-corrected chi connectivity index (χ0v) is 12.0. The van der Waals surface area contributed by atoms with Crippen molar-refractivity contribution >= 4 is 22.6 Å². The third-order valence-corrected chi connectivity index (χ3v) is 5.68. The highest BCUT2D eigenvalue weighted by molar-refractivity contribution is 8.10. The van der Waals surface area contributed by atoms with Gasteiger partial charge in [0.1, 0.15) is 5.82 Å². The van der Waals surface area contributed by atoms with Crippen molar-refractivity contribution in [1.29, 1.82) is 0 Å². The molecule has 0 N–H and O–H groups in total. The van der Waals surface area contributed by atoms with Crippen LogP contribution in [0.25, 0.3) is 0 Å². The first-order valence-corrected chi connectivity index (χ1v) is 9.03. The highest BCUT2D eigenvalue weighted by Crippen LogP contribution is 2.46. The third-order valence-electron chi connectivity index (χ3n) is 3.28. The molecule has 1 heterocycles. The number of carbonyl (C=O) groups excluding carboxylic acids is 1. The minimum atomic E-state index is -0.458. The number of carbonyl (C=O) groups is 1. The molecule has 0 bridgehead atoms. The predicted molar refractivity (Wildman–Crippen MR) is 72.6 cm³/mol. The molecular weight excluding hydrogens is 255 g/mol. The van der Waals surface area contributed by atoms with Crippen molar-refractivity contribution in [3.63, 3.8) is 0 Å². The third kappa shape index (κ3) is 2.37. The fourth-order valence-corrected chi connectivity index (χ4v) is 4.46. The summed E-state index contributed by atoms with van der Waals surface area (Å²) in [6.45, 7) is 4.90. The second-order valence-corrected chi connectivity index (χ2v) is 7.84. The van der Waals surface area contributed by atoms with Crippen LogP contribution >= 0.6 is 16.7 Å². The van der Waals surface area contributed by atoms with Gasteiger partial charge < -0.3 is 4.67 Å². The van der Waals surface area contributed by atoms with Gasteiger partial charge in [-0.25, -0.2) is 4.39 Å². The normalized spacial score (nSPS) is 25.8. The maximum absolute atomic E-state index is 12.9. The van der Waals surface area contributed by atoms with E-state index in [1.54, 1.807) is 12.1 Å². The molecule has 0 spiro atoms. The van der Waals surface area contributed by atoms with Crippen LogP contribution in [0.3, 0.4) is 0 Å². The minimum Gasteiger partial charge on any atom is -0.320 e. The summed E-state index contributed by atoms with van der Waals surface area (Å²) < 4.78 is 14.8. The van der Waals surface area contributed by atoms with E-state index in [2.05, 4.69) is 6.66 Å². The summed E-state index contributed by atoms with van der Waals surface area (Å²) in [5.41, 5.74) is 0.469. The van der Waals surface area contributed by atoms with Gasteiger partial charge in [0.15, 0.2) is 0 Å². The highest BCUT2D eigenvalue weighted by atomic mass is 32.0. The van der Waals surface area contributed by atoms with Crippen molar-refractivity contribution in [3.8, 4) is 0 Å². The molecule has 1 amide bonds. The van der Waals surface area contributed by atoms with Gasteiger partial charge in [0.2, 0.25) is 5.91 Å². The molecule has 0 saturated carbocycles. The Balaban J connectivity index is 2.25. The molecule has 2 rings (SSSR count). The Morgan fingerprint density at radius 3 is 2.59 bits per heavy atom. The monoisotopic (exact) mass is 271 g/mol. The molecule has 1 fully saturated rings. The summed E-state index contributed by atoms with van der Waals surface area (Å²) >= 11 is 0. The van der Waals surface area contributed by atoms with Gasteiger partial charge in [0, 0.05) is 15.0 Å². The van der Waals surface area contributed by atoms with E-state index >= 15 is 0 Å². The minimum absolute atomic E-state index is 0.191. The summed E-state index contributed by atoms with van der Waals surface area (Å²) in [5.74, 6) is -0.0617. The highest BCUT2D eigenvalue weighted by Gasteiger charge is 2.43. The summed E-state index contributed by atoms with van der Waals surface area (Å²) in [7, 11) is 1.38. The van der Waals surface area contributed by atoms with Gasteiger partial charge in [-0.3, -0.25) is 4.79 Å². The van der Waals surface area contributed by atoms with Gasteiger partial charge in [-0.15, -0.1) is 0 Å². The number of halogens is 1. The number of amides is 1. The Morgan fingerprint density at radius 2 is 2.00 bits per heavy atom. The zero-order valence-electron chi connectivity index (χ0n) is 9.96. The summed E-state index contributed by atoms with van der Waals surface area (Å²) in [4.78, 5) is 12.3. The molecule has 0 aliphatic carbocycles. The Kier molecular flexibility index (Phi) is 3.80. The molecule has 2 nitrogen and oxygen atoms in total. The van der Waals surface area contributed by atoms with Crippen molar-refractivity contribution in [2.24, 2.45) is 0 Å². The first-order valence-electron chi connectivity index (χ1n) is 5.58. The molecule has 1 aliphatic heterocycles. The van der Waals surface area contributed by atoms with Crippen LogP contribution in [-0.4, -0.2) is 23.8 Å². The van der Waals surface area contributed by atoms with Gasteiger partial charge in [0.05, 0.1) is 5.41 Å². The lowest BCUT2D eigenvalue weighted by Crippen LogP contribution is -2.31. The molecule has 92 valence electrons. The lowest BCUT2D eigenvalue weighted by molar-refractivity contribution is -0.127. The van der Waals surface area contributed by atoms with Crippen LogP contribution in [0.15, 0.2) is 24.3 Å². The number of benzene rings is 1. The maximum Gasteiger partial charge on any atom is 0.236 e. The molecule has 0 aromatic heterocycles. The van der Waals surface area contributed by atoms with E-state index < -0.39 is 5.41 Å². The lowest BCUT2D eigenvalue weighted by atomic mass is 9.81. The van der Waals surface area contributed by atoms with Gasteiger partial charge in [0.25, 0.3) is 0 Å². The van der Waals surface area contributed by atoms with E-state index in [1.165, 1.54) is 12.1 Å². The Morgan fingerprint density at radius 1 is 1.35 bits per heavy atom. The van der Waals surface area contributed by atoms with Gasteiger partial charge in [-0.1, -0.05) is 20.4 Å². The quantitative estimate of drug-likeness (QED) is 0.773. The van der Waals surface area contributed by atoms with E-state index in [4.69, 9.17) is 0 Å². The molecular formula is C12H16FNOP2. The maximum atomic E-state index is 12.9. The zero-order chi connectivity index (χ0) is 12.5. The SMILES string of the molecule is CPPN1CC[C@@](C)(c2ccc(F)cc2)C1=O. The van der Waals surface area contributed by atoms with Crippen molar-refractivity contribution in [1.82, 2.24) is 4.67 Å². The molecule has 3 atom stereocenters. The van der Waals surface area contributed by atoms with Crippen molar-refractivity contribution in [3.05, 3.63) is 35.6 Å². The molecule has 17 heavy (non-hydrogen) atoms. The van der Waals surface area contributed by atoms with Crippen LogP contribution in [-0.2, 0) is 10.2 Å². The predicted octanol–water partition coefficient (Wildman–Crippen LogP) is 3.13. The van der Waals surface area contributed by atoms with Crippen molar-refractivity contribution in [2.75, 3.05) is 13.2 Å². The Labute approximate surface area is 104 Å². The van der Waals surface area contributed by atoms with Crippen LogP contribution in [0.4, 0.5) is 4.39 Å². The Bertz CT molecular complexity index is 423. The Hall–Kier alpha value is -0.520. The van der Waals surface area contributed by atoms with Crippen LogP contribution in [0.2, 0.25) is 0 Å². The molecule has 1 aliphatic rings. The smallest absolute Gasteiger partial charge is 0.236 e. The number of rotatable bonds is 3. The first-order chi connectivity index (χ1) is 8.08. The van der Waals surface area contributed by atoms with Gasteiger partial charge in [-0.05, 0) is 37.7 Å². The summed E-state index contributed by atoms with van der Waals surface area (Å²) in [5, 5.41) is 0. The average Bonchev–Trinajstić information content (AvgIpc) is 2.60. The second-order valence-electron chi connectivity index (χ2n) is 4.41. The van der Waals surface area contributed by atoms with E-state index in [-0.39, 0.29) is 11.7 Å². The second kappa shape index (κ2) is 5.00. The molecule has 1 aromatic rings. The van der Waals surface area contributed by atoms with E-state index in [0.717, 1.165) is 26.8 Å². The molecule has 1 saturated heterocycles. The van der Waals surface area contributed by atoms with Crippen molar-refractivity contribution in [2.45, 2.75) is 18.8 Å². The van der Waals surface area contributed by atoms with Crippen LogP contribution < -0.4 is 0 Å².